The Labute approximate surface area is 199 Å². The molecular formula is C27H23BrN2O3. The van der Waals surface area contributed by atoms with Gasteiger partial charge in [-0.3, -0.25) is 9.59 Å². The number of aryl methyl sites for hydroxylation is 1. The fraction of sp³-hybridized carbons (Fsp3) is 0.259. The molecule has 2 bridgehead atoms. The Bertz CT molecular complexity index is 1430. The molecule has 0 spiro atoms. The first kappa shape index (κ1) is 20.5. The fourth-order valence-corrected chi connectivity index (χ4v) is 6.11. The molecule has 5 nitrogen and oxygen atoms in total. The van der Waals surface area contributed by atoms with Crippen molar-refractivity contribution >= 4 is 55.4 Å². The summed E-state index contributed by atoms with van der Waals surface area (Å²) >= 11 is 3.47. The number of nitrogens with one attached hydrogen (secondary N) is 1. The highest BCUT2D eigenvalue weighted by molar-refractivity contribution is 9.10. The first-order valence-electron chi connectivity index (χ1n) is 11.3. The van der Waals surface area contributed by atoms with Crippen molar-refractivity contribution in [2.75, 3.05) is 5.32 Å². The molecule has 33 heavy (non-hydrogen) atoms. The van der Waals surface area contributed by atoms with Crippen LogP contribution in [0.2, 0.25) is 0 Å². The SMILES string of the molecule is Cc1cc(Br)ccc1C(=O)N1C2CCC1C(C(=O)Nc1ccc3oc4ccccc4c3c1)C2. The van der Waals surface area contributed by atoms with Gasteiger partial charge in [-0.15, -0.1) is 0 Å². The first-order valence-corrected chi connectivity index (χ1v) is 12.1. The van der Waals surface area contributed by atoms with Crippen LogP contribution in [0.15, 0.2) is 69.6 Å². The van der Waals surface area contributed by atoms with E-state index in [1.165, 1.54) is 0 Å². The van der Waals surface area contributed by atoms with Crippen LogP contribution < -0.4 is 5.32 Å². The molecule has 1 aromatic heterocycles. The molecule has 2 aliphatic rings. The van der Waals surface area contributed by atoms with E-state index in [-0.39, 0.29) is 29.8 Å². The van der Waals surface area contributed by atoms with Crippen molar-refractivity contribution in [1.29, 1.82) is 0 Å². The van der Waals surface area contributed by atoms with Crippen molar-refractivity contribution in [1.82, 2.24) is 4.90 Å². The van der Waals surface area contributed by atoms with E-state index in [0.29, 0.717) is 12.0 Å². The number of furan rings is 1. The first-order chi connectivity index (χ1) is 16.0. The lowest BCUT2D eigenvalue weighted by molar-refractivity contribution is -0.120. The zero-order chi connectivity index (χ0) is 22.7. The molecule has 3 heterocycles. The summed E-state index contributed by atoms with van der Waals surface area (Å²) in [6.07, 6.45) is 2.55. The van der Waals surface area contributed by atoms with Crippen LogP contribution in [0, 0.1) is 12.8 Å². The zero-order valence-corrected chi connectivity index (χ0v) is 19.8. The number of benzene rings is 3. The van der Waals surface area contributed by atoms with Crippen molar-refractivity contribution in [3.8, 4) is 0 Å². The van der Waals surface area contributed by atoms with E-state index < -0.39 is 0 Å². The van der Waals surface area contributed by atoms with Crippen molar-refractivity contribution in [2.24, 2.45) is 5.92 Å². The minimum Gasteiger partial charge on any atom is -0.456 e. The van der Waals surface area contributed by atoms with E-state index in [4.69, 9.17) is 4.42 Å². The van der Waals surface area contributed by atoms with Gasteiger partial charge in [0.05, 0.1) is 5.92 Å². The number of anilines is 1. The van der Waals surface area contributed by atoms with Crippen molar-refractivity contribution < 1.29 is 14.0 Å². The fourth-order valence-electron chi connectivity index (χ4n) is 5.63. The standard InChI is InChI=1S/C27H23BrN2O3/c1-15-12-16(28)6-9-19(15)27(32)30-18-8-10-23(30)22(14-18)26(31)29-17-7-11-25-21(13-17)20-4-2-3-5-24(20)33-25/h2-7,9,11-13,18,22-23H,8,10,14H2,1H3,(H,29,31). The summed E-state index contributed by atoms with van der Waals surface area (Å²) in [5.41, 5.74) is 4.05. The number of halogens is 1. The van der Waals surface area contributed by atoms with E-state index in [2.05, 4.69) is 21.2 Å². The number of para-hydroxylation sites is 1. The summed E-state index contributed by atoms with van der Waals surface area (Å²) < 4.78 is 6.85. The number of nitrogens with zero attached hydrogens (tertiary/aromatic N) is 1. The molecule has 2 saturated heterocycles. The number of carbonyl (C=O) groups is 2. The molecule has 3 unspecified atom stereocenters. The van der Waals surface area contributed by atoms with Crippen molar-refractivity contribution in [3.05, 3.63) is 76.3 Å². The van der Waals surface area contributed by atoms with Gasteiger partial charge in [-0.1, -0.05) is 34.1 Å². The van der Waals surface area contributed by atoms with E-state index in [1.807, 2.05) is 72.5 Å². The van der Waals surface area contributed by atoms with Gasteiger partial charge in [0.15, 0.2) is 0 Å². The maximum atomic E-state index is 13.4. The molecule has 166 valence electrons. The Hall–Kier alpha value is -3.12. The lowest BCUT2D eigenvalue weighted by atomic mass is 9.88. The molecule has 6 rings (SSSR count). The topological polar surface area (TPSA) is 62.6 Å². The summed E-state index contributed by atoms with van der Waals surface area (Å²) in [6.45, 7) is 1.95. The normalized spacial score (nSPS) is 21.8. The molecule has 4 aromatic rings. The van der Waals surface area contributed by atoms with E-state index in [9.17, 15) is 9.59 Å². The number of amides is 2. The van der Waals surface area contributed by atoms with Gasteiger partial charge in [-0.2, -0.15) is 0 Å². The lowest BCUT2D eigenvalue weighted by Gasteiger charge is -2.25. The van der Waals surface area contributed by atoms with Gasteiger partial charge in [-0.05, 0) is 74.2 Å². The van der Waals surface area contributed by atoms with Crippen LogP contribution in [0.5, 0.6) is 0 Å². The third-order valence-electron chi connectivity index (χ3n) is 7.17. The molecule has 2 fully saturated rings. The lowest BCUT2D eigenvalue weighted by Crippen LogP contribution is -2.39. The molecule has 6 heteroatoms. The van der Waals surface area contributed by atoms with E-state index in [0.717, 1.165) is 50.5 Å². The van der Waals surface area contributed by atoms with E-state index in [1.54, 1.807) is 0 Å². The van der Waals surface area contributed by atoms with Crippen LogP contribution in [0.4, 0.5) is 5.69 Å². The summed E-state index contributed by atoms with van der Waals surface area (Å²) in [4.78, 5) is 28.6. The maximum absolute atomic E-state index is 13.4. The van der Waals surface area contributed by atoms with Crippen molar-refractivity contribution in [3.63, 3.8) is 0 Å². The Morgan fingerprint density at radius 1 is 1.00 bits per heavy atom. The quantitative estimate of drug-likeness (QED) is 0.358. The second-order valence-electron chi connectivity index (χ2n) is 9.11. The highest BCUT2D eigenvalue weighted by Gasteiger charge is 2.51. The zero-order valence-electron chi connectivity index (χ0n) is 18.2. The summed E-state index contributed by atoms with van der Waals surface area (Å²) in [5.74, 6) is -0.172. The molecule has 2 aliphatic heterocycles. The van der Waals surface area contributed by atoms with Gasteiger partial charge in [0.25, 0.3) is 5.91 Å². The summed E-state index contributed by atoms with van der Waals surface area (Å²) in [7, 11) is 0. The number of hydrogen-bond acceptors (Lipinski definition) is 3. The summed E-state index contributed by atoms with van der Waals surface area (Å²) in [6, 6.07) is 19.5. The van der Waals surface area contributed by atoms with Crippen LogP contribution in [0.3, 0.4) is 0 Å². The van der Waals surface area contributed by atoms with Crippen LogP contribution in [-0.4, -0.2) is 28.8 Å². The average Bonchev–Trinajstić information content (AvgIpc) is 3.49. The van der Waals surface area contributed by atoms with Gasteiger partial charge in [-0.25, -0.2) is 0 Å². The Balaban J connectivity index is 1.24. The maximum Gasteiger partial charge on any atom is 0.254 e. The predicted molar refractivity (Wildman–Crippen MR) is 132 cm³/mol. The van der Waals surface area contributed by atoms with Crippen LogP contribution in [0.1, 0.15) is 35.2 Å². The second kappa shape index (κ2) is 7.73. The molecule has 3 aromatic carbocycles. The Kier molecular flexibility index (Phi) is 4.80. The third-order valence-corrected chi connectivity index (χ3v) is 7.66. The molecule has 0 aliphatic carbocycles. The molecule has 2 amide bonds. The predicted octanol–water partition coefficient (Wildman–Crippen LogP) is 6.29. The van der Waals surface area contributed by atoms with E-state index >= 15 is 0 Å². The average molecular weight is 503 g/mol. The van der Waals surface area contributed by atoms with Crippen LogP contribution >= 0.6 is 15.9 Å². The second-order valence-corrected chi connectivity index (χ2v) is 10.0. The molecule has 3 atom stereocenters. The van der Waals surface area contributed by atoms with Gasteiger partial charge in [0.2, 0.25) is 5.91 Å². The Morgan fingerprint density at radius 2 is 1.82 bits per heavy atom. The van der Waals surface area contributed by atoms with Gasteiger partial charge < -0.3 is 14.6 Å². The van der Waals surface area contributed by atoms with Crippen molar-refractivity contribution in [2.45, 2.75) is 38.3 Å². The summed E-state index contributed by atoms with van der Waals surface area (Å²) in [5, 5.41) is 5.13. The highest BCUT2D eigenvalue weighted by atomic mass is 79.9. The largest absolute Gasteiger partial charge is 0.456 e. The number of rotatable bonds is 3. The molecular weight excluding hydrogens is 480 g/mol. The van der Waals surface area contributed by atoms with Crippen LogP contribution in [0.25, 0.3) is 21.9 Å². The monoisotopic (exact) mass is 502 g/mol. The van der Waals surface area contributed by atoms with Crippen LogP contribution in [-0.2, 0) is 4.79 Å². The molecule has 0 saturated carbocycles. The molecule has 0 radical (unpaired) electrons. The number of carbonyl (C=O) groups excluding carboxylic acids is 2. The Morgan fingerprint density at radius 3 is 2.67 bits per heavy atom. The minimum atomic E-state index is -0.194. The minimum absolute atomic E-state index is 0.0142. The smallest absolute Gasteiger partial charge is 0.254 e. The van der Waals surface area contributed by atoms with Gasteiger partial charge >= 0.3 is 0 Å². The number of hydrogen-bond donors (Lipinski definition) is 1. The highest BCUT2D eigenvalue weighted by Crippen LogP contribution is 2.43. The number of fused-ring (bicyclic) bond motifs is 5. The third kappa shape index (κ3) is 3.35. The molecule has 1 N–H and O–H groups in total. The van der Waals surface area contributed by atoms with Gasteiger partial charge in [0, 0.05) is 38.6 Å². The van der Waals surface area contributed by atoms with Gasteiger partial charge in [0.1, 0.15) is 11.2 Å².